The number of nitrogens with zero attached hydrogens (tertiary/aromatic N) is 3. The Morgan fingerprint density at radius 1 is 1.20 bits per heavy atom. The number of carboxylic acids is 1. The van der Waals surface area contributed by atoms with Crippen molar-refractivity contribution in [2.75, 3.05) is 6.54 Å². The van der Waals surface area contributed by atoms with Crippen LogP contribution in [0.4, 0.5) is 0 Å². The standard InChI is InChI=1S/C17H20N4O4/c22-15(23)9-18-16(24)12-7-5-11(6-8-12)10-21-17(25)13-3-1-2-4-14(13)19-20-21/h1-4,11-12H,5-10H2,(H,18,24)(H,22,23)/p-1. The molecule has 1 fully saturated rings. The molecule has 1 aromatic heterocycles. The Balaban J connectivity index is 1.59. The summed E-state index contributed by atoms with van der Waals surface area (Å²) < 4.78 is 1.39. The van der Waals surface area contributed by atoms with Gasteiger partial charge in [-0.2, -0.15) is 0 Å². The van der Waals surface area contributed by atoms with Gasteiger partial charge in [-0.05, 0) is 43.7 Å². The predicted octanol–water partition coefficient (Wildman–Crippen LogP) is -0.536. The molecule has 0 atom stereocenters. The first-order valence-electron chi connectivity index (χ1n) is 8.34. The molecule has 0 aliphatic heterocycles. The molecule has 3 rings (SSSR count). The lowest BCUT2D eigenvalue weighted by molar-refractivity contribution is -0.304. The summed E-state index contributed by atoms with van der Waals surface area (Å²) in [7, 11) is 0. The van der Waals surface area contributed by atoms with Crippen molar-refractivity contribution < 1.29 is 14.7 Å². The molecule has 8 heteroatoms. The molecule has 1 aliphatic carbocycles. The van der Waals surface area contributed by atoms with Crippen LogP contribution in [0.2, 0.25) is 0 Å². The van der Waals surface area contributed by atoms with E-state index >= 15 is 0 Å². The van der Waals surface area contributed by atoms with Crippen molar-refractivity contribution >= 4 is 22.8 Å². The number of carboxylic acid groups (broad SMARTS) is 1. The van der Waals surface area contributed by atoms with Crippen LogP contribution in [0.3, 0.4) is 0 Å². The number of carbonyl (C=O) groups is 2. The predicted molar refractivity (Wildman–Crippen MR) is 87.3 cm³/mol. The zero-order valence-electron chi connectivity index (χ0n) is 13.7. The average Bonchev–Trinajstić information content (AvgIpc) is 2.63. The van der Waals surface area contributed by atoms with Crippen LogP contribution >= 0.6 is 0 Å². The van der Waals surface area contributed by atoms with Crippen molar-refractivity contribution in [2.45, 2.75) is 32.2 Å². The minimum atomic E-state index is -1.30. The third kappa shape index (κ3) is 4.01. The molecule has 132 valence electrons. The van der Waals surface area contributed by atoms with Gasteiger partial charge in [-0.25, -0.2) is 4.68 Å². The van der Waals surface area contributed by atoms with Gasteiger partial charge in [-0.15, -0.1) is 5.10 Å². The van der Waals surface area contributed by atoms with E-state index in [-0.39, 0.29) is 23.3 Å². The number of carbonyl (C=O) groups excluding carboxylic acids is 2. The molecule has 25 heavy (non-hydrogen) atoms. The fraction of sp³-hybridized carbons (Fsp3) is 0.471. The third-order valence-electron chi connectivity index (χ3n) is 4.68. The molecule has 0 saturated heterocycles. The van der Waals surface area contributed by atoms with Crippen LogP contribution < -0.4 is 16.0 Å². The van der Waals surface area contributed by atoms with Crippen LogP contribution in [-0.2, 0) is 16.1 Å². The van der Waals surface area contributed by atoms with Crippen molar-refractivity contribution in [2.24, 2.45) is 11.8 Å². The first-order valence-corrected chi connectivity index (χ1v) is 8.34. The highest BCUT2D eigenvalue weighted by molar-refractivity contribution is 5.82. The summed E-state index contributed by atoms with van der Waals surface area (Å²) >= 11 is 0. The van der Waals surface area contributed by atoms with E-state index in [1.807, 2.05) is 6.07 Å². The molecule has 0 bridgehead atoms. The smallest absolute Gasteiger partial charge is 0.277 e. The number of aliphatic carboxylic acids is 1. The molecule has 1 heterocycles. The number of fused-ring (bicyclic) bond motifs is 1. The van der Waals surface area contributed by atoms with Crippen LogP contribution in [0.5, 0.6) is 0 Å². The third-order valence-corrected chi connectivity index (χ3v) is 4.68. The number of hydrogen-bond donors (Lipinski definition) is 1. The lowest BCUT2D eigenvalue weighted by Crippen LogP contribution is -2.41. The minimum Gasteiger partial charge on any atom is -0.548 e. The zero-order chi connectivity index (χ0) is 17.8. The SMILES string of the molecule is O=C([O-])CNC(=O)C1CCC(Cn2nnc3ccccc3c2=O)CC1. The van der Waals surface area contributed by atoms with Crippen LogP contribution in [0.1, 0.15) is 25.7 Å². The molecule has 1 aliphatic rings. The number of amides is 1. The van der Waals surface area contributed by atoms with Crippen LogP contribution in [-0.4, -0.2) is 33.4 Å². The van der Waals surface area contributed by atoms with Crippen LogP contribution in [0.15, 0.2) is 29.1 Å². The number of rotatable bonds is 5. The highest BCUT2D eigenvalue weighted by atomic mass is 16.4. The van der Waals surface area contributed by atoms with Gasteiger partial charge >= 0.3 is 0 Å². The minimum absolute atomic E-state index is 0.153. The molecule has 0 radical (unpaired) electrons. The highest BCUT2D eigenvalue weighted by Gasteiger charge is 2.26. The molecular weight excluding hydrogens is 324 g/mol. The van der Waals surface area contributed by atoms with E-state index in [1.165, 1.54) is 4.68 Å². The molecule has 1 amide bonds. The van der Waals surface area contributed by atoms with Gasteiger partial charge in [0, 0.05) is 12.5 Å². The Labute approximate surface area is 143 Å². The lowest BCUT2D eigenvalue weighted by atomic mass is 9.81. The summed E-state index contributed by atoms with van der Waals surface area (Å²) in [5, 5.41) is 21.4. The fourth-order valence-corrected chi connectivity index (χ4v) is 3.30. The van der Waals surface area contributed by atoms with Gasteiger partial charge in [0.15, 0.2) is 0 Å². The van der Waals surface area contributed by atoms with Gasteiger partial charge in [0.1, 0.15) is 5.52 Å². The van der Waals surface area contributed by atoms with E-state index in [0.29, 0.717) is 30.3 Å². The summed E-state index contributed by atoms with van der Waals surface area (Å²) in [6.45, 7) is 0.0187. The second kappa shape index (κ2) is 7.42. The van der Waals surface area contributed by atoms with Crippen molar-refractivity contribution in [3.05, 3.63) is 34.6 Å². The summed E-state index contributed by atoms with van der Waals surface area (Å²) in [4.78, 5) is 34.7. The van der Waals surface area contributed by atoms with Crippen molar-refractivity contribution in [3.63, 3.8) is 0 Å². The monoisotopic (exact) mass is 343 g/mol. The van der Waals surface area contributed by atoms with Gasteiger partial charge in [0.05, 0.1) is 17.9 Å². The van der Waals surface area contributed by atoms with Crippen molar-refractivity contribution in [1.82, 2.24) is 20.3 Å². The average molecular weight is 343 g/mol. The van der Waals surface area contributed by atoms with E-state index in [0.717, 1.165) is 12.8 Å². The maximum Gasteiger partial charge on any atom is 0.277 e. The number of hydrogen-bond acceptors (Lipinski definition) is 6. The van der Waals surface area contributed by atoms with E-state index in [2.05, 4.69) is 15.6 Å². The molecule has 1 aromatic carbocycles. The molecule has 0 unspecified atom stereocenters. The first kappa shape index (κ1) is 17.1. The van der Waals surface area contributed by atoms with Gasteiger partial charge in [0.2, 0.25) is 5.91 Å². The Morgan fingerprint density at radius 3 is 2.64 bits per heavy atom. The van der Waals surface area contributed by atoms with Crippen molar-refractivity contribution in [3.8, 4) is 0 Å². The summed E-state index contributed by atoms with van der Waals surface area (Å²) in [6.07, 6.45) is 2.90. The second-order valence-electron chi connectivity index (χ2n) is 6.40. The Bertz CT molecular complexity index is 840. The van der Waals surface area contributed by atoms with E-state index in [4.69, 9.17) is 0 Å². The van der Waals surface area contributed by atoms with Crippen LogP contribution in [0, 0.1) is 11.8 Å². The Hall–Kier alpha value is -2.77. The van der Waals surface area contributed by atoms with Crippen LogP contribution in [0.25, 0.3) is 10.9 Å². The van der Waals surface area contributed by atoms with E-state index in [9.17, 15) is 19.5 Å². The maximum atomic E-state index is 12.5. The van der Waals surface area contributed by atoms with Gasteiger partial charge in [-0.1, -0.05) is 17.3 Å². The van der Waals surface area contributed by atoms with Gasteiger partial charge < -0.3 is 15.2 Å². The summed E-state index contributed by atoms with van der Waals surface area (Å²) in [5.74, 6) is -1.48. The quantitative estimate of drug-likeness (QED) is 0.779. The molecule has 8 nitrogen and oxygen atoms in total. The number of benzene rings is 1. The lowest BCUT2D eigenvalue weighted by Gasteiger charge is -2.27. The maximum absolute atomic E-state index is 12.5. The zero-order valence-corrected chi connectivity index (χ0v) is 13.7. The Kier molecular flexibility index (Phi) is 5.06. The largest absolute Gasteiger partial charge is 0.548 e. The first-order chi connectivity index (χ1) is 12.0. The van der Waals surface area contributed by atoms with Crippen molar-refractivity contribution in [1.29, 1.82) is 0 Å². The normalized spacial score (nSPS) is 20.3. The second-order valence-corrected chi connectivity index (χ2v) is 6.40. The fourth-order valence-electron chi connectivity index (χ4n) is 3.30. The number of nitrogens with one attached hydrogen (secondary N) is 1. The number of aromatic nitrogens is 3. The van der Waals surface area contributed by atoms with Gasteiger partial charge in [-0.3, -0.25) is 9.59 Å². The molecular formula is C17H19N4O4-. The van der Waals surface area contributed by atoms with Gasteiger partial charge in [0.25, 0.3) is 5.56 Å². The van der Waals surface area contributed by atoms with E-state index < -0.39 is 12.5 Å². The molecule has 1 N–H and O–H groups in total. The topological polar surface area (TPSA) is 117 Å². The highest BCUT2D eigenvalue weighted by Crippen LogP contribution is 2.29. The molecule has 0 spiro atoms. The Morgan fingerprint density at radius 2 is 1.92 bits per heavy atom. The van der Waals surface area contributed by atoms with E-state index in [1.54, 1.807) is 18.2 Å². The summed E-state index contributed by atoms with van der Waals surface area (Å²) in [6, 6.07) is 7.10. The molecule has 1 saturated carbocycles. The molecule has 2 aromatic rings. The summed E-state index contributed by atoms with van der Waals surface area (Å²) in [5.41, 5.74) is 0.427.